The summed E-state index contributed by atoms with van der Waals surface area (Å²) in [6, 6.07) is 8.95. The minimum Gasteiger partial charge on any atom is -0.497 e. The average molecular weight is 275 g/mol. The average Bonchev–Trinajstić information content (AvgIpc) is 2.47. The van der Waals surface area contributed by atoms with Crippen LogP contribution in [0.1, 0.15) is 51.5 Å². The molecule has 2 heteroatoms. The smallest absolute Gasteiger partial charge is 0.118 e. The zero-order valence-corrected chi connectivity index (χ0v) is 13.2. The fourth-order valence-corrected chi connectivity index (χ4v) is 3.19. The molecule has 1 saturated carbocycles. The second kappa shape index (κ2) is 7.12. The highest BCUT2D eigenvalue weighted by molar-refractivity contribution is 5.27. The van der Waals surface area contributed by atoms with E-state index in [1.807, 2.05) is 12.1 Å². The van der Waals surface area contributed by atoms with E-state index in [2.05, 4.69) is 31.3 Å². The first-order valence-corrected chi connectivity index (χ1v) is 7.98. The van der Waals surface area contributed by atoms with Crippen molar-refractivity contribution in [2.75, 3.05) is 13.7 Å². The maximum Gasteiger partial charge on any atom is 0.118 e. The lowest BCUT2D eigenvalue weighted by Gasteiger charge is -2.35. The maximum absolute atomic E-state index is 5.20. The molecule has 1 aromatic carbocycles. The van der Waals surface area contributed by atoms with Crippen LogP contribution in [0.2, 0.25) is 0 Å². The van der Waals surface area contributed by atoms with Gasteiger partial charge in [0, 0.05) is 12.6 Å². The van der Waals surface area contributed by atoms with Crippen molar-refractivity contribution < 1.29 is 4.74 Å². The van der Waals surface area contributed by atoms with Crippen LogP contribution in [-0.4, -0.2) is 19.7 Å². The summed E-state index contributed by atoms with van der Waals surface area (Å²) in [6.07, 6.45) is 8.09. The van der Waals surface area contributed by atoms with Gasteiger partial charge in [-0.05, 0) is 49.3 Å². The van der Waals surface area contributed by atoms with Crippen LogP contribution in [-0.2, 0) is 6.42 Å². The van der Waals surface area contributed by atoms with E-state index >= 15 is 0 Å². The number of hydrogen-bond donors (Lipinski definition) is 1. The Bertz CT molecular complexity index is 392. The van der Waals surface area contributed by atoms with Crippen LogP contribution in [0.5, 0.6) is 5.75 Å². The van der Waals surface area contributed by atoms with Gasteiger partial charge < -0.3 is 10.1 Å². The molecule has 0 aromatic heterocycles. The highest BCUT2D eigenvalue weighted by Crippen LogP contribution is 2.35. The van der Waals surface area contributed by atoms with Crippen LogP contribution in [0.3, 0.4) is 0 Å². The first-order chi connectivity index (χ1) is 9.61. The predicted octanol–water partition coefficient (Wildman–Crippen LogP) is 4.19. The third kappa shape index (κ3) is 4.52. The molecule has 2 rings (SSSR count). The summed E-state index contributed by atoms with van der Waals surface area (Å²) in [5.74, 6) is 0.934. The van der Waals surface area contributed by atoms with E-state index < -0.39 is 0 Å². The van der Waals surface area contributed by atoms with E-state index in [1.54, 1.807) is 7.11 Å². The monoisotopic (exact) mass is 275 g/mol. The van der Waals surface area contributed by atoms with Crippen LogP contribution in [0.4, 0.5) is 0 Å². The Morgan fingerprint density at radius 1 is 1.15 bits per heavy atom. The summed E-state index contributed by atoms with van der Waals surface area (Å²) in [7, 11) is 1.71. The SMILES string of the molecule is COc1ccc(CC(C)NCC2(C)CCCCC2)cc1. The number of nitrogens with one attached hydrogen (secondary N) is 1. The van der Waals surface area contributed by atoms with Gasteiger partial charge in [0.2, 0.25) is 0 Å². The van der Waals surface area contributed by atoms with Gasteiger partial charge >= 0.3 is 0 Å². The van der Waals surface area contributed by atoms with Crippen molar-refractivity contribution in [3.63, 3.8) is 0 Å². The summed E-state index contributed by atoms with van der Waals surface area (Å²) in [6.45, 7) is 5.89. The summed E-state index contributed by atoms with van der Waals surface area (Å²) >= 11 is 0. The highest BCUT2D eigenvalue weighted by Gasteiger charge is 2.26. The predicted molar refractivity (Wildman–Crippen MR) is 85.4 cm³/mol. The molecule has 1 aliphatic rings. The molecule has 0 spiro atoms. The number of hydrogen-bond acceptors (Lipinski definition) is 2. The quantitative estimate of drug-likeness (QED) is 0.840. The molecule has 1 aliphatic carbocycles. The van der Waals surface area contributed by atoms with E-state index in [9.17, 15) is 0 Å². The Balaban J connectivity index is 1.78. The zero-order valence-electron chi connectivity index (χ0n) is 13.2. The van der Waals surface area contributed by atoms with Crippen molar-refractivity contribution in [1.29, 1.82) is 0 Å². The van der Waals surface area contributed by atoms with Crippen molar-refractivity contribution in [2.24, 2.45) is 5.41 Å². The normalized spacial score (nSPS) is 19.6. The Kier molecular flexibility index (Phi) is 5.47. The van der Waals surface area contributed by atoms with E-state index in [0.717, 1.165) is 18.7 Å². The van der Waals surface area contributed by atoms with Crippen molar-refractivity contribution in [1.82, 2.24) is 5.32 Å². The molecule has 2 nitrogen and oxygen atoms in total. The molecular weight excluding hydrogens is 246 g/mol. The summed E-state index contributed by atoms with van der Waals surface area (Å²) in [5, 5.41) is 3.74. The summed E-state index contributed by atoms with van der Waals surface area (Å²) < 4.78 is 5.20. The molecule has 1 fully saturated rings. The molecular formula is C18H29NO. The van der Waals surface area contributed by atoms with Crippen molar-refractivity contribution in [3.8, 4) is 5.75 Å². The Morgan fingerprint density at radius 3 is 2.40 bits per heavy atom. The fourth-order valence-electron chi connectivity index (χ4n) is 3.19. The molecule has 0 bridgehead atoms. The highest BCUT2D eigenvalue weighted by atomic mass is 16.5. The van der Waals surface area contributed by atoms with E-state index in [1.165, 1.54) is 37.7 Å². The van der Waals surface area contributed by atoms with Crippen LogP contribution < -0.4 is 10.1 Å². The van der Waals surface area contributed by atoms with Gasteiger partial charge in [-0.3, -0.25) is 0 Å². The second-order valence-electron chi connectivity index (χ2n) is 6.71. The van der Waals surface area contributed by atoms with Crippen molar-refractivity contribution >= 4 is 0 Å². The van der Waals surface area contributed by atoms with Crippen LogP contribution >= 0.6 is 0 Å². The number of benzene rings is 1. The number of methoxy groups -OCH3 is 1. The van der Waals surface area contributed by atoms with Gasteiger partial charge in [-0.2, -0.15) is 0 Å². The third-order valence-corrected chi connectivity index (χ3v) is 4.64. The van der Waals surface area contributed by atoms with Gasteiger partial charge in [0.25, 0.3) is 0 Å². The van der Waals surface area contributed by atoms with Gasteiger partial charge in [-0.1, -0.05) is 38.3 Å². The van der Waals surface area contributed by atoms with Crippen LogP contribution in [0.15, 0.2) is 24.3 Å². The van der Waals surface area contributed by atoms with Crippen molar-refractivity contribution in [2.45, 2.75) is 58.4 Å². The van der Waals surface area contributed by atoms with E-state index in [0.29, 0.717) is 11.5 Å². The number of ether oxygens (including phenoxy) is 1. The Labute approximate surface area is 123 Å². The lowest BCUT2D eigenvalue weighted by atomic mass is 9.75. The van der Waals surface area contributed by atoms with Gasteiger partial charge in [-0.25, -0.2) is 0 Å². The van der Waals surface area contributed by atoms with E-state index in [4.69, 9.17) is 4.74 Å². The van der Waals surface area contributed by atoms with Gasteiger partial charge in [0.05, 0.1) is 7.11 Å². The third-order valence-electron chi connectivity index (χ3n) is 4.64. The zero-order chi connectivity index (χ0) is 14.4. The molecule has 1 atom stereocenters. The van der Waals surface area contributed by atoms with E-state index in [-0.39, 0.29) is 0 Å². The van der Waals surface area contributed by atoms with Crippen LogP contribution in [0.25, 0.3) is 0 Å². The summed E-state index contributed by atoms with van der Waals surface area (Å²) in [4.78, 5) is 0. The molecule has 112 valence electrons. The lowest BCUT2D eigenvalue weighted by Crippen LogP contribution is -2.39. The molecule has 0 saturated heterocycles. The standard InChI is InChI=1S/C18H29NO/c1-15(13-16-7-9-17(20-3)10-8-16)19-14-18(2)11-5-4-6-12-18/h7-10,15,19H,4-6,11-14H2,1-3H3. The molecule has 0 heterocycles. The summed E-state index contributed by atoms with van der Waals surface area (Å²) in [5.41, 5.74) is 1.89. The molecule has 0 amide bonds. The lowest BCUT2D eigenvalue weighted by molar-refractivity contribution is 0.201. The maximum atomic E-state index is 5.20. The number of rotatable bonds is 6. The molecule has 0 aliphatic heterocycles. The van der Waals surface area contributed by atoms with Crippen molar-refractivity contribution in [3.05, 3.63) is 29.8 Å². The molecule has 1 aromatic rings. The fraction of sp³-hybridized carbons (Fsp3) is 0.667. The van der Waals surface area contributed by atoms with Gasteiger partial charge in [-0.15, -0.1) is 0 Å². The Morgan fingerprint density at radius 2 is 1.80 bits per heavy atom. The van der Waals surface area contributed by atoms with Gasteiger partial charge in [0.1, 0.15) is 5.75 Å². The van der Waals surface area contributed by atoms with Crippen LogP contribution in [0, 0.1) is 5.41 Å². The second-order valence-corrected chi connectivity index (χ2v) is 6.71. The first kappa shape index (κ1) is 15.4. The minimum atomic E-state index is 0.520. The Hall–Kier alpha value is -1.02. The first-order valence-electron chi connectivity index (χ1n) is 7.98. The molecule has 0 radical (unpaired) electrons. The topological polar surface area (TPSA) is 21.3 Å². The minimum absolute atomic E-state index is 0.520. The van der Waals surface area contributed by atoms with Gasteiger partial charge in [0.15, 0.2) is 0 Å². The largest absolute Gasteiger partial charge is 0.497 e. The molecule has 1 N–H and O–H groups in total. The molecule has 1 unspecified atom stereocenters. The molecule has 20 heavy (non-hydrogen) atoms.